The highest BCUT2D eigenvalue weighted by atomic mass is 16.5. The quantitative estimate of drug-likeness (QED) is 0.335. The number of amides is 1. The molecule has 176 valence electrons. The minimum absolute atomic E-state index is 0.0761. The average Bonchev–Trinajstić information content (AvgIpc) is 3.04. The van der Waals surface area contributed by atoms with Crippen molar-refractivity contribution in [2.45, 2.75) is 26.3 Å². The highest BCUT2D eigenvalue weighted by Crippen LogP contribution is 2.40. The third-order valence-electron chi connectivity index (χ3n) is 5.45. The van der Waals surface area contributed by atoms with E-state index in [0.29, 0.717) is 48.8 Å². The standard InChI is InChI=1S/C26H32N2O5/c1-5-32-20-12-7-10-18(16-20)23-22(24(29)19-11-8-13-21(17-19)33-6-2)25(30)26(31)28(23)15-9-14-27(3)4/h7-8,10-13,16-17,23,29H,5-6,9,14-15H2,1-4H3/b24-22+. The van der Waals surface area contributed by atoms with Gasteiger partial charge in [-0.25, -0.2) is 0 Å². The van der Waals surface area contributed by atoms with Gasteiger partial charge in [0.15, 0.2) is 0 Å². The zero-order valence-corrected chi connectivity index (χ0v) is 19.7. The zero-order valence-electron chi connectivity index (χ0n) is 19.7. The molecule has 1 saturated heterocycles. The monoisotopic (exact) mass is 452 g/mol. The van der Waals surface area contributed by atoms with Crippen molar-refractivity contribution in [2.24, 2.45) is 0 Å². The molecule has 1 aliphatic rings. The number of carbonyl (C=O) groups is 2. The third-order valence-corrected chi connectivity index (χ3v) is 5.45. The molecular formula is C26H32N2O5. The molecule has 3 rings (SSSR count). The first-order valence-electron chi connectivity index (χ1n) is 11.3. The van der Waals surface area contributed by atoms with Crippen LogP contribution in [0.15, 0.2) is 54.1 Å². The number of hydrogen-bond donors (Lipinski definition) is 1. The highest BCUT2D eigenvalue weighted by molar-refractivity contribution is 6.46. The van der Waals surface area contributed by atoms with Crippen LogP contribution < -0.4 is 9.47 Å². The van der Waals surface area contributed by atoms with Crippen molar-refractivity contribution in [1.82, 2.24) is 9.80 Å². The van der Waals surface area contributed by atoms with E-state index in [2.05, 4.69) is 0 Å². The molecule has 0 radical (unpaired) electrons. The SMILES string of the molecule is CCOc1cccc(/C(O)=C2\C(=O)C(=O)N(CCCN(C)C)C2c2cccc(OCC)c2)c1. The average molecular weight is 453 g/mol. The van der Waals surface area contributed by atoms with E-state index in [1.807, 2.05) is 57.1 Å². The summed E-state index contributed by atoms with van der Waals surface area (Å²) in [7, 11) is 3.92. The maximum atomic E-state index is 13.2. The summed E-state index contributed by atoms with van der Waals surface area (Å²) in [6, 6.07) is 13.5. The Morgan fingerprint density at radius 1 is 1.00 bits per heavy atom. The lowest BCUT2D eigenvalue weighted by Gasteiger charge is -2.26. The van der Waals surface area contributed by atoms with Gasteiger partial charge in [-0.2, -0.15) is 0 Å². The van der Waals surface area contributed by atoms with E-state index in [1.165, 1.54) is 0 Å². The van der Waals surface area contributed by atoms with E-state index in [-0.39, 0.29) is 11.3 Å². The predicted octanol–water partition coefficient (Wildman–Crippen LogP) is 3.86. The third kappa shape index (κ3) is 5.54. The number of benzene rings is 2. The number of likely N-dealkylation sites (tertiary alicyclic amines) is 1. The molecule has 7 nitrogen and oxygen atoms in total. The number of rotatable bonds is 10. The van der Waals surface area contributed by atoms with Crippen molar-refractivity contribution in [3.8, 4) is 11.5 Å². The summed E-state index contributed by atoms with van der Waals surface area (Å²) < 4.78 is 11.2. The molecule has 7 heteroatoms. The summed E-state index contributed by atoms with van der Waals surface area (Å²) in [6.45, 7) is 5.90. The van der Waals surface area contributed by atoms with Gasteiger partial charge in [-0.05, 0) is 70.7 Å². The van der Waals surface area contributed by atoms with E-state index >= 15 is 0 Å². The topological polar surface area (TPSA) is 79.3 Å². The Labute approximate surface area is 195 Å². The number of nitrogens with zero attached hydrogens (tertiary/aromatic N) is 2. The number of ether oxygens (including phenoxy) is 2. The van der Waals surface area contributed by atoms with Crippen LogP contribution in [0.3, 0.4) is 0 Å². The molecule has 1 atom stereocenters. The molecule has 0 saturated carbocycles. The normalized spacial score (nSPS) is 17.6. The fraction of sp³-hybridized carbons (Fsp3) is 0.385. The summed E-state index contributed by atoms with van der Waals surface area (Å²) in [6.07, 6.45) is 0.696. The number of carbonyl (C=O) groups excluding carboxylic acids is 2. The van der Waals surface area contributed by atoms with E-state index < -0.39 is 17.7 Å². The van der Waals surface area contributed by atoms with E-state index in [4.69, 9.17) is 9.47 Å². The molecule has 0 bridgehead atoms. The Balaban J connectivity index is 2.10. The first-order chi connectivity index (χ1) is 15.9. The zero-order chi connectivity index (χ0) is 24.0. The van der Waals surface area contributed by atoms with Crippen molar-refractivity contribution in [2.75, 3.05) is 40.4 Å². The van der Waals surface area contributed by atoms with Crippen LogP contribution in [0, 0.1) is 0 Å². The van der Waals surface area contributed by atoms with Gasteiger partial charge in [0, 0.05) is 12.1 Å². The molecule has 33 heavy (non-hydrogen) atoms. The van der Waals surface area contributed by atoms with Gasteiger partial charge in [-0.3, -0.25) is 9.59 Å². The Bertz CT molecular complexity index is 1030. The summed E-state index contributed by atoms with van der Waals surface area (Å²) in [5.74, 6) is -0.283. The molecule has 1 amide bonds. The summed E-state index contributed by atoms with van der Waals surface area (Å²) in [4.78, 5) is 29.8. The highest BCUT2D eigenvalue weighted by Gasteiger charge is 2.45. The van der Waals surface area contributed by atoms with E-state index in [1.54, 1.807) is 29.2 Å². The lowest BCUT2D eigenvalue weighted by Crippen LogP contribution is -2.32. The van der Waals surface area contributed by atoms with Crippen LogP contribution in [-0.4, -0.2) is 67.0 Å². The van der Waals surface area contributed by atoms with E-state index in [0.717, 1.165) is 6.54 Å². The van der Waals surface area contributed by atoms with Gasteiger partial charge in [0.2, 0.25) is 0 Å². The number of aliphatic hydroxyl groups excluding tert-OH is 1. The van der Waals surface area contributed by atoms with Crippen LogP contribution in [0.1, 0.15) is 37.4 Å². The molecule has 0 aliphatic carbocycles. The molecule has 2 aromatic rings. The van der Waals surface area contributed by atoms with Crippen molar-refractivity contribution in [3.05, 3.63) is 65.2 Å². The lowest BCUT2D eigenvalue weighted by atomic mass is 9.95. The Morgan fingerprint density at radius 3 is 2.27 bits per heavy atom. The maximum Gasteiger partial charge on any atom is 0.295 e. The van der Waals surface area contributed by atoms with Gasteiger partial charge in [-0.15, -0.1) is 0 Å². The number of ketones is 1. The van der Waals surface area contributed by atoms with Crippen molar-refractivity contribution < 1.29 is 24.2 Å². The molecule has 0 aromatic heterocycles. The molecule has 1 fully saturated rings. The van der Waals surface area contributed by atoms with Crippen LogP contribution >= 0.6 is 0 Å². The van der Waals surface area contributed by atoms with Gasteiger partial charge in [-0.1, -0.05) is 24.3 Å². The van der Waals surface area contributed by atoms with Gasteiger partial charge < -0.3 is 24.4 Å². The molecule has 1 heterocycles. The molecule has 1 unspecified atom stereocenters. The second-order valence-corrected chi connectivity index (χ2v) is 8.12. The van der Waals surface area contributed by atoms with Crippen LogP contribution in [0.2, 0.25) is 0 Å². The Morgan fingerprint density at radius 2 is 1.64 bits per heavy atom. The van der Waals surface area contributed by atoms with Crippen LogP contribution in [-0.2, 0) is 9.59 Å². The predicted molar refractivity (Wildman–Crippen MR) is 127 cm³/mol. The fourth-order valence-corrected chi connectivity index (χ4v) is 4.01. The first kappa shape index (κ1) is 24.3. The Hall–Kier alpha value is -3.32. The molecule has 2 aromatic carbocycles. The first-order valence-corrected chi connectivity index (χ1v) is 11.3. The van der Waals surface area contributed by atoms with Crippen LogP contribution in [0.25, 0.3) is 5.76 Å². The maximum absolute atomic E-state index is 13.2. The fourth-order valence-electron chi connectivity index (χ4n) is 4.01. The summed E-state index contributed by atoms with van der Waals surface area (Å²) in [5, 5.41) is 11.2. The lowest BCUT2D eigenvalue weighted by molar-refractivity contribution is -0.139. The van der Waals surface area contributed by atoms with Gasteiger partial charge in [0.1, 0.15) is 17.3 Å². The van der Waals surface area contributed by atoms with Crippen LogP contribution in [0.4, 0.5) is 0 Å². The second-order valence-electron chi connectivity index (χ2n) is 8.12. The smallest absolute Gasteiger partial charge is 0.295 e. The minimum Gasteiger partial charge on any atom is -0.507 e. The van der Waals surface area contributed by atoms with Crippen molar-refractivity contribution in [1.29, 1.82) is 0 Å². The van der Waals surface area contributed by atoms with Crippen molar-refractivity contribution >= 4 is 17.4 Å². The minimum atomic E-state index is -0.705. The summed E-state index contributed by atoms with van der Waals surface area (Å²) in [5.41, 5.74) is 1.22. The molecule has 0 spiro atoms. The van der Waals surface area contributed by atoms with Gasteiger partial charge in [0.25, 0.3) is 11.7 Å². The summed E-state index contributed by atoms with van der Waals surface area (Å²) >= 11 is 0. The van der Waals surface area contributed by atoms with Crippen LogP contribution in [0.5, 0.6) is 11.5 Å². The number of aliphatic hydroxyl groups is 1. The molecule has 1 aliphatic heterocycles. The second kappa shape index (κ2) is 11.0. The molecular weight excluding hydrogens is 420 g/mol. The number of hydrogen-bond acceptors (Lipinski definition) is 6. The Kier molecular flexibility index (Phi) is 8.11. The van der Waals surface area contributed by atoms with Gasteiger partial charge >= 0.3 is 0 Å². The van der Waals surface area contributed by atoms with Gasteiger partial charge in [0.05, 0.1) is 24.8 Å². The van der Waals surface area contributed by atoms with E-state index in [9.17, 15) is 14.7 Å². The largest absolute Gasteiger partial charge is 0.507 e. The molecule has 1 N–H and O–H groups in total. The van der Waals surface area contributed by atoms with Crippen molar-refractivity contribution in [3.63, 3.8) is 0 Å². The number of Topliss-reactive ketones (excluding diaryl/α,β-unsaturated/α-hetero) is 1.